The molecule has 1 aromatic carbocycles. The number of halogens is 1. The molecule has 4 nitrogen and oxygen atoms in total. The van der Waals surface area contributed by atoms with Crippen molar-refractivity contribution in [2.45, 2.75) is 19.4 Å². The molecule has 0 radical (unpaired) electrons. The molecule has 25 heavy (non-hydrogen) atoms. The maximum absolute atomic E-state index is 6.23. The molecule has 2 heterocycles. The van der Waals surface area contributed by atoms with Gasteiger partial charge in [-0.3, -0.25) is 4.90 Å². The highest BCUT2D eigenvalue weighted by Gasteiger charge is 2.25. The van der Waals surface area contributed by atoms with Gasteiger partial charge in [-0.1, -0.05) is 17.7 Å². The fourth-order valence-corrected chi connectivity index (χ4v) is 4.51. The summed E-state index contributed by atoms with van der Waals surface area (Å²) in [7, 11) is 1.68. The molecule has 136 valence electrons. The van der Waals surface area contributed by atoms with E-state index in [4.69, 9.17) is 21.1 Å². The number of thiophene rings is 1. The zero-order valence-electron chi connectivity index (χ0n) is 14.8. The molecule has 1 saturated heterocycles. The molecule has 6 heteroatoms. The lowest BCUT2D eigenvalue weighted by Crippen LogP contribution is -2.32. The van der Waals surface area contributed by atoms with Crippen LogP contribution in [0.15, 0.2) is 30.3 Å². The Morgan fingerprint density at radius 3 is 2.80 bits per heavy atom. The van der Waals surface area contributed by atoms with E-state index in [0.29, 0.717) is 6.61 Å². The van der Waals surface area contributed by atoms with E-state index in [-0.39, 0.29) is 6.04 Å². The lowest BCUT2D eigenvalue weighted by Gasteiger charge is -2.30. The zero-order chi connectivity index (χ0) is 17.6. The van der Waals surface area contributed by atoms with Crippen LogP contribution in [-0.4, -0.2) is 44.8 Å². The van der Waals surface area contributed by atoms with Gasteiger partial charge >= 0.3 is 0 Å². The molecule has 3 rings (SSSR count). The first-order valence-corrected chi connectivity index (χ1v) is 9.93. The Balaban J connectivity index is 2.00. The monoisotopic (exact) mass is 380 g/mol. The van der Waals surface area contributed by atoms with Gasteiger partial charge in [-0.15, -0.1) is 11.3 Å². The first-order chi connectivity index (χ1) is 12.2. The SMILES string of the molecule is CCOc1cc(C(c2ccc(Cl)s2)N2CCCNCC2)ccc1OC. The number of ether oxygens (including phenoxy) is 2. The van der Waals surface area contributed by atoms with Crippen molar-refractivity contribution < 1.29 is 9.47 Å². The van der Waals surface area contributed by atoms with E-state index in [1.165, 1.54) is 10.4 Å². The summed E-state index contributed by atoms with van der Waals surface area (Å²) in [4.78, 5) is 3.79. The smallest absolute Gasteiger partial charge is 0.161 e. The highest BCUT2D eigenvalue weighted by molar-refractivity contribution is 7.16. The van der Waals surface area contributed by atoms with Crippen LogP contribution in [0, 0.1) is 0 Å². The minimum atomic E-state index is 0.183. The number of hydrogen-bond donors (Lipinski definition) is 1. The Morgan fingerprint density at radius 1 is 1.20 bits per heavy atom. The zero-order valence-corrected chi connectivity index (χ0v) is 16.3. The van der Waals surface area contributed by atoms with Crippen LogP contribution in [0.1, 0.15) is 29.8 Å². The van der Waals surface area contributed by atoms with E-state index in [1.807, 2.05) is 19.1 Å². The fraction of sp³-hybridized carbons (Fsp3) is 0.474. The molecule has 1 aliphatic rings. The molecule has 1 aromatic heterocycles. The number of hydrogen-bond acceptors (Lipinski definition) is 5. The van der Waals surface area contributed by atoms with E-state index in [2.05, 4.69) is 28.4 Å². The second-order valence-corrected chi connectivity index (χ2v) is 7.77. The van der Waals surface area contributed by atoms with Crippen molar-refractivity contribution >= 4 is 22.9 Å². The minimum Gasteiger partial charge on any atom is -0.493 e. The first-order valence-electron chi connectivity index (χ1n) is 8.73. The third-order valence-corrected chi connectivity index (χ3v) is 5.69. The molecule has 1 fully saturated rings. The van der Waals surface area contributed by atoms with Crippen LogP contribution < -0.4 is 14.8 Å². The van der Waals surface area contributed by atoms with E-state index in [9.17, 15) is 0 Å². The van der Waals surface area contributed by atoms with Crippen molar-refractivity contribution in [3.63, 3.8) is 0 Å². The van der Waals surface area contributed by atoms with E-state index >= 15 is 0 Å². The van der Waals surface area contributed by atoms with Gasteiger partial charge in [-0.05, 0) is 49.7 Å². The van der Waals surface area contributed by atoms with Crippen LogP contribution in [-0.2, 0) is 0 Å². The minimum absolute atomic E-state index is 0.183. The Kier molecular flexibility index (Phi) is 6.59. The summed E-state index contributed by atoms with van der Waals surface area (Å²) in [5.41, 5.74) is 1.21. The molecule has 1 unspecified atom stereocenters. The molecule has 0 bridgehead atoms. The molecule has 1 aliphatic heterocycles. The fourth-order valence-electron chi connectivity index (χ4n) is 3.29. The summed E-state index contributed by atoms with van der Waals surface area (Å²) in [5, 5.41) is 3.48. The first kappa shape index (κ1) is 18.5. The molecular formula is C19H25ClN2O2S. The van der Waals surface area contributed by atoms with Crippen LogP contribution >= 0.6 is 22.9 Å². The van der Waals surface area contributed by atoms with Crippen LogP contribution in [0.25, 0.3) is 0 Å². The maximum Gasteiger partial charge on any atom is 0.161 e. The van der Waals surface area contributed by atoms with Gasteiger partial charge in [0.1, 0.15) is 0 Å². The summed E-state index contributed by atoms with van der Waals surface area (Å²) in [6.07, 6.45) is 1.14. The molecule has 2 aromatic rings. The summed E-state index contributed by atoms with van der Waals surface area (Å²) in [5.74, 6) is 1.56. The van der Waals surface area contributed by atoms with Crippen molar-refractivity contribution in [1.29, 1.82) is 0 Å². The molecule has 0 aliphatic carbocycles. The van der Waals surface area contributed by atoms with Crippen LogP contribution in [0.3, 0.4) is 0 Å². The lowest BCUT2D eigenvalue weighted by atomic mass is 10.0. The number of nitrogens with one attached hydrogen (secondary N) is 1. The van der Waals surface area contributed by atoms with Gasteiger partial charge in [0, 0.05) is 24.5 Å². The summed E-state index contributed by atoms with van der Waals surface area (Å²) < 4.78 is 12.1. The van der Waals surface area contributed by atoms with Crippen molar-refractivity contribution in [2.24, 2.45) is 0 Å². The molecular weight excluding hydrogens is 356 g/mol. The number of benzene rings is 1. The van der Waals surface area contributed by atoms with Crippen LogP contribution in [0.2, 0.25) is 4.34 Å². The number of methoxy groups -OCH3 is 1. The largest absolute Gasteiger partial charge is 0.493 e. The Hall–Kier alpha value is -1.27. The van der Waals surface area contributed by atoms with Gasteiger partial charge in [-0.25, -0.2) is 0 Å². The summed E-state index contributed by atoms with van der Waals surface area (Å²) >= 11 is 7.89. The topological polar surface area (TPSA) is 33.7 Å². The van der Waals surface area contributed by atoms with Crippen molar-refractivity contribution in [1.82, 2.24) is 10.2 Å². The Morgan fingerprint density at radius 2 is 2.08 bits per heavy atom. The van der Waals surface area contributed by atoms with Gasteiger partial charge in [0.2, 0.25) is 0 Å². The predicted octanol–water partition coefficient (Wildman–Crippen LogP) is 4.19. The Bertz CT molecular complexity index is 684. The van der Waals surface area contributed by atoms with Crippen LogP contribution in [0.4, 0.5) is 0 Å². The van der Waals surface area contributed by atoms with Gasteiger partial charge in [0.05, 0.1) is 24.1 Å². The third kappa shape index (κ3) is 4.47. The van der Waals surface area contributed by atoms with Gasteiger partial charge < -0.3 is 14.8 Å². The highest BCUT2D eigenvalue weighted by atomic mass is 35.5. The van der Waals surface area contributed by atoms with E-state index in [0.717, 1.165) is 48.4 Å². The second kappa shape index (κ2) is 8.90. The quantitative estimate of drug-likeness (QED) is 0.814. The molecule has 1 N–H and O–H groups in total. The normalized spacial score (nSPS) is 17.1. The number of rotatable bonds is 6. The Labute approximate surface area is 158 Å². The summed E-state index contributed by atoms with van der Waals surface area (Å²) in [6, 6.07) is 10.6. The third-order valence-electron chi connectivity index (χ3n) is 4.41. The average Bonchev–Trinajstić information content (AvgIpc) is 2.87. The standard InChI is InChI=1S/C19H25ClN2O2S/c1-3-24-16-13-14(5-6-15(16)23-2)19(17-7-8-18(20)25-17)22-11-4-9-21-10-12-22/h5-8,13,19,21H,3-4,9-12H2,1-2H3. The van der Waals surface area contributed by atoms with Crippen molar-refractivity contribution in [2.75, 3.05) is 39.9 Å². The maximum atomic E-state index is 6.23. The molecule has 0 spiro atoms. The molecule has 0 amide bonds. The highest BCUT2D eigenvalue weighted by Crippen LogP contribution is 2.39. The van der Waals surface area contributed by atoms with Gasteiger partial charge in [0.25, 0.3) is 0 Å². The van der Waals surface area contributed by atoms with E-state index < -0.39 is 0 Å². The van der Waals surface area contributed by atoms with Crippen LogP contribution in [0.5, 0.6) is 11.5 Å². The van der Waals surface area contributed by atoms with Crippen molar-refractivity contribution in [3.05, 3.63) is 45.1 Å². The average molecular weight is 381 g/mol. The summed E-state index contributed by atoms with van der Waals surface area (Å²) in [6.45, 7) is 6.75. The lowest BCUT2D eigenvalue weighted by molar-refractivity contribution is 0.242. The molecule has 0 saturated carbocycles. The molecule has 1 atom stereocenters. The van der Waals surface area contributed by atoms with Gasteiger partial charge in [0.15, 0.2) is 11.5 Å². The van der Waals surface area contributed by atoms with Gasteiger partial charge in [-0.2, -0.15) is 0 Å². The predicted molar refractivity (Wildman–Crippen MR) is 104 cm³/mol. The van der Waals surface area contributed by atoms with Crippen molar-refractivity contribution in [3.8, 4) is 11.5 Å². The van der Waals surface area contributed by atoms with E-state index in [1.54, 1.807) is 18.4 Å². The number of nitrogens with zero attached hydrogens (tertiary/aromatic N) is 1. The second-order valence-electron chi connectivity index (χ2n) is 6.03.